The molecule has 0 radical (unpaired) electrons. The van der Waals surface area contributed by atoms with Crippen LogP contribution in [-0.2, 0) is 9.53 Å². The maximum Gasteiger partial charge on any atom is 0.460 e. The molecule has 65 heavy (non-hydrogen) atoms. The molecule has 0 bridgehead atoms. The van der Waals surface area contributed by atoms with Crippen LogP contribution in [0.3, 0.4) is 0 Å². The van der Waals surface area contributed by atoms with Crippen molar-refractivity contribution in [3.8, 4) is 29.1 Å². The number of benzene rings is 3. The molecule has 0 aliphatic heterocycles. The van der Waals surface area contributed by atoms with Crippen LogP contribution in [-0.4, -0.2) is 78.9 Å². The highest BCUT2D eigenvalue weighted by Crippen LogP contribution is 2.64. The summed E-state index contributed by atoms with van der Waals surface area (Å²) in [7, 11) is 0. The summed E-state index contributed by atoms with van der Waals surface area (Å²) in [4.78, 5) is 24.8. The number of ether oxygens (including phenoxy) is 4. The molecule has 6 nitrogen and oxygen atoms in total. The zero-order valence-electron chi connectivity index (χ0n) is 33.7. The van der Waals surface area contributed by atoms with E-state index in [0.29, 0.717) is 17.7 Å². The maximum absolute atomic E-state index is 14.2. The lowest BCUT2D eigenvalue weighted by Gasteiger charge is -2.42. The molecule has 0 aliphatic rings. The lowest BCUT2D eigenvalue weighted by atomic mass is 9.88. The van der Waals surface area contributed by atoms with Gasteiger partial charge in [0, 0.05) is 11.1 Å². The summed E-state index contributed by atoms with van der Waals surface area (Å²) >= 11 is 0. The van der Waals surface area contributed by atoms with Crippen LogP contribution in [0.5, 0.6) is 17.2 Å². The predicted molar refractivity (Wildman–Crippen MR) is 195 cm³/mol. The van der Waals surface area contributed by atoms with E-state index in [-0.39, 0.29) is 17.1 Å². The summed E-state index contributed by atoms with van der Waals surface area (Å²) < 4.78 is 249. The average molecular weight is 961 g/mol. The summed E-state index contributed by atoms with van der Waals surface area (Å²) in [6.45, 7) is 1.49. The van der Waals surface area contributed by atoms with Gasteiger partial charge in [0.1, 0.15) is 17.2 Å². The van der Waals surface area contributed by atoms with Gasteiger partial charge in [-0.15, -0.1) is 0 Å². The van der Waals surface area contributed by atoms with Gasteiger partial charge in [0.25, 0.3) is 0 Å². The van der Waals surface area contributed by atoms with E-state index in [1.807, 2.05) is 12.1 Å². The van der Waals surface area contributed by atoms with Gasteiger partial charge in [0.15, 0.2) is 6.10 Å². The maximum atomic E-state index is 14.2. The Balaban J connectivity index is 1.52. The van der Waals surface area contributed by atoms with E-state index in [1.165, 1.54) is 37.8 Å². The standard InChI is InChI=1S/C42H37F17O6/c1-3-4-5-6-7-8-24-62-30-17-13-28(14-18-30)10-9-27-11-15-29(16-12-27)34(61)65-32-21-19-31(20-22-32)64-26(2)33(60)63-25-23-35(43,44)36(45,46)37(47,48)38(49,50)39(51,52)40(53,54)41(55,56)42(57,58)59/h11-22,26H,3-8,23-25H2,1-2H3/t26-/m0/s1. The van der Waals surface area contributed by atoms with Crippen molar-refractivity contribution in [3.05, 3.63) is 89.5 Å². The molecule has 3 aromatic rings. The second-order valence-electron chi connectivity index (χ2n) is 14.2. The molecule has 0 amide bonds. The number of hydrogen-bond acceptors (Lipinski definition) is 6. The minimum Gasteiger partial charge on any atom is -0.494 e. The van der Waals surface area contributed by atoms with Gasteiger partial charge in [-0.2, -0.15) is 74.6 Å². The predicted octanol–water partition coefficient (Wildman–Crippen LogP) is 12.8. The SMILES string of the molecule is CCCCCCCCOc1ccc(C#Cc2ccc(C(=O)Oc3ccc(O[C@@H](C)C(=O)OCCC(F)(F)C(F)(F)C(F)(F)C(F)(F)C(F)(F)C(F)(F)C(F)(F)C(F)(F)F)cc3)cc2)cc1. The first kappa shape index (κ1) is 53.9. The largest absolute Gasteiger partial charge is 0.494 e. The minimum atomic E-state index is -8.75. The van der Waals surface area contributed by atoms with E-state index < -0.39 is 78.7 Å². The summed E-state index contributed by atoms with van der Waals surface area (Å²) in [5, 5.41) is 0. The number of rotatable bonds is 22. The van der Waals surface area contributed by atoms with Crippen LogP contribution in [0.15, 0.2) is 72.8 Å². The van der Waals surface area contributed by atoms with Crippen LogP contribution in [0.4, 0.5) is 74.6 Å². The zero-order valence-corrected chi connectivity index (χ0v) is 33.7. The molecule has 1 atom stereocenters. The Morgan fingerprint density at radius 3 is 1.46 bits per heavy atom. The first-order valence-electron chi connectivity index (χ1n) is 19.1. The molecular formula is C42H37F17O6. The fraction of sp³-hybridized carbons (Fsp3) is 0.476. The molecule has 0 heterocycles. The van der Waals surface area contributed by atoms with Crippen molar-refractivity contribution < 1.29 is 103 Å². The number of esters is 2. The number of carbonyl (C=O) groups is 2. The Morgan fingerprint density at radius 1 is 0.523 bits per heavy atom. The molecule has 0 saturated heterocycles. The molecular weight excluding hydrogens is 923 g/mol. The Bertz CT molecular complexity index is 2090. The highest BCUT2D eigenvalue weighted by Gasteiger charge is 2.95. The van der Waals surface area contributed by atoms with E-state index >= 15 is 0 Å². The number of halogens is 17. The van der Waals surface area contributed by atoms with Crippen LogP contribution in [0.2, 0.25) is 0 Å². The molecule has 0 N–H and O–H groups in total. The molecule has 23 heteroatoms. The number of unbranched alkanes of at least 4 members (excludes halogenated alkanes) is 5. The van der Waals surface area contributed by atoms with Crippen LogP contribution in [0, 0.1) is 11.8 Å². The van der Waals surface area contributed by atoms with Crippen LogP contribution < -0.4 is 14.2 Å². The Labute approximate surface area is 359 Å². The fourth-order valence-corrected chi connectivity index (χ4v) is 5.30. The molecule has 0 spiro atoms. The van der Waals surface area contributed by atoms with E-state index in [9.17, 15) is 84.2 Å². The van der Waals surface area contributed by atoms with E-state index in [1.54, 1.807) is 24.3 Å². The van der Waals surface area contributed by atoms with Crippen molar-refractivity contribution >= 4 is 11.9 Å². The van der Waals surface area contributed by atoms with Crippen molar-refractivity contribution in [2.45, 2.75) is 113 Å². The lowest BCUT2D eigenvalue weighted by molar-refractivity contribution is -0.461. The second kappa shape index (κ2) is 20.8. The Hall–Kier alpha value is -5.43. The van der Waals surface area contributed by atoms with Gasteiger partial charge in [-0.05, 0) is 86.1 Å². The summed E-state index contributed by atoms with van der Waals surface area (Å²) in [5.41, 5.74) is 1.38. The van der Waals surface area contributed by atoms with Crippen molar-refractivity contribution in [2.75, 3.05) is 13.2 Å². The smallest absolute Gasteiger partial charge is 0.460 e. The lowest BCUT2D eigenvalue weighted by Crippen LogP contribution is -2.74. The van der Waals surface area contributed by atoms with Crippen LogP contribution in [0.25, 0.3) is 0 Å². The first-order valence-corrected chi connectivity index (χ1v) is 19.1. The third kappa shape index (κ3) is 12.1. The molecule has 0 fully saturated rings. The van der Waals surface area contributed by atoms with Gasteiger partial charge in [-0.3, -0.25) is 0 Å². The van der Waals surface area contributed by atoms with Gasteiger partial charge in [-0.25, -0.2) is 9.59 Å². The van der Waals surface area contributed by atoms with Gasteiger partial charge < -0.3 is 18.9 Å². The third-order valence-electron chi connectivity index (χ3n) is 9.22. The molecule has 0 aliphatic carbocycles. The van der Waals surface area contributed by atoms with Gasteiger partial charge in [-0.1, -0.05) is 50.9 Å². The number of carbonyl (C=O) groups excluding carboxylic acids is 2. The summed E-state index contributed by atoms with van der Waals surface area (Å²) in [5.74, 6) is -53.6. The van der Waals surface area contributed by atoms with Gasteiger partial charge >= 0.3 is 59.6 Å². The topological polar surface area (TPSA) is 71.1 Å². The first-order chi connectivity index (χ1) is 29.9. The number of alkyl halides is 17. The van der Waals surface area contributed by atoms with E-state index in [0.717, 1.165) is 49.8 Å². The van der Waals surface area contributed by atoms with Crippen molar-refractivity contribution in [1.29, 1.82) is 0 Å². The zero-order chi connectivity index (χ0) is 49.3. The monoisotopic (exact) mass is 960 g/mol. The number of hydrogen-bond donors (Lipinski definition) is 0. The fourth-order valence-electron chi connectivity index (χ4n) is 5.30. The molecule has 3 aromatic carbocycles. The Morgan fingerprint density at radius 2 is 0.954 bits per heavy atom. The van der Waals surface area contributed by atoms with Crippen LogP contribution in [0.1, 0.15) is 80.3 Å². The summed E-state index contributed by atoms with van der Waals surface area (Å²) in [6.07, 6.45) is -5.83. The molecule has 0 unspecified atom stereocenters. The van der Waals surface area contributed by atoms with Gasteiger partial charge in [0.05, 0.1) is 25.2 Å². The average Bonchev–Trinajstić information content (AvgIpc) is 3.22. The van der Waals surface area contributed by atoms with Crippen molar-refractivity contribution in [2.24, 2.45) is 0 Å². The quantitative estimate of drug-likeness (QED) is 0.0328. The minimum absolute atomic E-state index is 0.0815. The third-order valence-corrected chi connectivity index (χ3v) is 9.22. The van der Waals surface area contributed by atoms with Crippen molar-refractivity contribution in [1.82, 2.24) is 0 Å². The molecule has 3 rings (SSSR count). The van der Waals surface area contributed by atoms with E-state index in [4.69, 9.17) is 14.2 Å². The highest BCUT2D eigenvalue weighted by molar-refractivity contribution is 5.91. The van der Waals surface area contributed by atoms with Gasteiger partial charge in [0.2, 0.25) is 0 Å². The molecule has 0 aromatic heterocycles. The van der Waals surface area contributed by atoms with Crippen LogP contribution >= 0.6 is 0 Å². The molecule has 0 saturated carbocycles. The second-order valence-corrected chi connectivity index (χ2v) is 14.2. The van der Waals surface area contributed by atoms with E-state index in [2.05, 4.69) is 23.5 Å². The Kier molecular flexibility index (Phi) is 17.3. The van der Waals surface area contributed by atoms with Crippen molar-refractivity contribution in [3.63, 3.8) is 0 Å². The highest BCUT2D eigenvalue weighted by atomic mass is 19.4. The molecule has 360 valence electrons. The summed E-state index contributed by atoms with van der Waals surface area (Å²) in [6, 6.07) is 17.6. The normalized spacial score (nSPS) is 13.6.